The van der Waals surface area contributed by atoms with Gasteiger partial charge in [0.1, 0.15) is 5.69 Å². The molecule has 2 aromatic rings. The van der Waals surface area contributed by atoms with E-state index >= 15 is 0 Å². The van der Waals surface area contributed by atoms with Gasteiger partial charge in [0.05, 0.1) is 5.52 Å². The van der Waals surface area contributed by atoms with E-state index < -0.39 is 5.97 Å². The molecule has 23 heavy (non-hydrogen) atoms. The number of anilines is 1. The molecule has 0 spiro atoms. The van der Waals surface area contributed by atoms with E-state index in [4.69, 9.17) is 5.11 Å². The Morgan fingerprint density at radius 1 is 1.35 bits per heavy atom. The Bertz CT molecular complexity index is 766. The second-order valence-electron chi connectivity index (χ2n) is 5.10. The normalized spacial score (nSPS) is 11.9. The topological polar surface area (TPSA) is 65.5 Å². The molecule has 0 aliphatic carbocycles. The number of hydrogen-bond acceptors (Lipinski definition) is 4. The lowest BCUT2D eigenvalue weighted by molar-refractivity contribution is 0.0691. The van der Waals surface area contributed by atoms with E-state index in [9.17, 15) is 4.79 Å². The van der Waals surface area contributed by atoms with Gasteiger partial charge in [-0.3, -0.25) is 0 Å². The molecule has 1 aromatic heterocycles. The van der Waals surface area contributed by atoms with Crippen molar-refractivity contribution in [3.05, 3.63) is 60.1 Å². The highest BCUT2D eigenvalue weighted by Gasteiger charge is 2.09. The molecule has 5 heteroatoms. The number of benzene rings is 1. The lowest BCUT2D eigenvalue weighted by Gasteiger charge is -2.18. The van der Waals surface area contributed by atoms with Crippen LogP contribution < -0.4 is 10.2 Å². The smallest absolute Gasteiger partial charge is 0.354 e. The number of hydrogen-bond donors (Lipinski definition) is 2. The van der Waals surface area contributed by atoms with Gasteiger partial charge in [-0.05, 0) is 36.8 Å². The van der Waals surface area contributed by atoms with Gasteiger partial charge in [0, 0.05) is 37.1 Å². The van der Waals surface area contributed by atoms with Crippen LogP contribution in [-0.4, -0.2) is 30.2 Å². The van der Waals surface area contributed by atoms with Crippen LogP contribution in [0.4, 0.5) is 5.69 Å². The highest BCUT2D eigenvalue weighted by Crippen LogP contribution is 2.25. The first-order valence-electron chi connectivity index (χ1n) is 7.48. The van der Waals surface area contributed by atoms with Crippen molar-refractivity contribution in [3.63, 3.8) is 0 Å². The predicted octanol–water partition coefficient (Wildman–Crippen LogP) is 3.40. The number of nitrogens with zero attached hydrogens (tertiary/aromatic N) is 2. The van der Waals surface area contributed by atoms with Crippen molar-refractivity contribution in [2.75, 3.05) is 19.0 Å². The van der Waals surface area contributed by atoms with Crippen LogP contribution >= 0.6 is 0 Å². The summed E-state index contributed by atoms with van der Waals surface area (Å²) < 4.78 is 0. The molecule has 0 aliphatic heterocycles. The zero-order valence-electron chi connectivity index (χ0n) is 13.6. The molecule has 0 fully saturated rings. The Labute approximate surface area is 136 Å². The molecule has 0 radical (unpaired) electrons. The van der Waals surface area contributed by atoms with Crippen LogP contribution in [0.5, 0.6) is 0 Å². The molecule has 120 valence electrons. The summed E-state index contributed by atoms with van der Waals surface area (Å²) in [6.45, 7) is 2.09. The quantitative estimate of drug-likeness (QED) is 0.801. The number of carbonyl (C=O) groups is 1. The molecule has 0 aliphatic rings. The van der Waals surface area contributed by atoms with Crippen molar-refractivity contribution in [2.24, 2.45) is 0 Å². The van der Waals surface area contributed by atoms with Crippen molar-refractivity contribution < 1.29 is 9.90 Å². The standard InChI is InChI=1S/C18H21N3O2/c1-4-5-7-13(19-2)12-21(3)17-9-6-8-15-14(17)10-11-16(20-15)18(22)23/h5-12,19H,4H2,1-3H3,(H,22,23)/b7-5+,13-12+. The van der Waals surface area contributed by atoms with Gasteiger partial charge in [0.25, 0.3) is 0 Å². The Hall–Kier alpha value is -2.82. The Morgan fingerprint density at radius 3 is 2.78 bits per heavy atom. The first-order valence-corrected chi connectivity index (χ1v) is 7.48. The Morgan fingerprint density at radius 2 is 2.13 bits per heavy atom. The fourth-order valence-corrected chi connectivity index (χ4v) is 2.28. The van der Waals surface area contributed by atoms with Crippen LogP contribution in [0.25, 0.3) is 10.9 Å². The van der Waals surface area contributed by atoms with Crippen LogP contribution in [0.2, 0.25) is 0 Å². The monoisotopic (exact) mass is 311 g/mol. The average Bonchev–Trinajstić information content (AvgIpc) is 2.57. The predicted molar refractivity (Wildman–Crippen MR) is 93.7 cm³/mol. The number of aromatic carboxylic acids is 1. The van der Waals surface area contributed by atoms with Crippen LogP contribution in [-0.2, 0) is 0 Å². The average molecular weight is 311 g/mol. The first kappa shape index (κ1) is 16.5. The minimum absolute atomic E-state index is 0.0506. The van der Waals surface area contributed by atoms with Crippen molar-refractivity contribution in [2.45, 2.75) is 13.3 Å². The molecule has 2 N–H and O–H groups in total. The number of carboxylic acid groups (broad SMARTS) is 1. The van der Waals surface area contributed by atoms with Crippen LogP contribution in [0.3, 0.4) is 0 Å². The van der Waals surface area contributed by atoms with Gasteiger partial charge in [-0.2, -0.15) is 0 Å². The van der Waals surface area contributed by atoms with E-state index in [0.29, 0.717) is 5.52 Å². The summed E-state index contributed by atoms with van der Waals surface area (Å²) >= 11 is 0. The number of rotatable bonds is 6. The third-order valence-electron chi connectivity index (χ3n) is 3.46. The number of pyridine rings is 1. The van der Waals surface area contributed by atoms with Gasteiger partial charge in [-0.1, -0.05) is 19.1 Å². The van der Waals surface area contributed by atoms with Gasteiger partial charge in [-0.15, -0.1) is 0 Å². The fourth-order valence-electron chi connectivity index (χ4n) is 2.28. The third-order valence-corrected chi connectivity index (χ3v) is 3.46. The van der Waals surface area contributed by atoms with Gasteiger partial charge in [0.2, 0.25) is 0 Å². The molecular weight excluding hydrogens is 290 g/mol. The van der Waals surface area contributed by atoms with E-state index in [1.807, 2.05) is 49.5 Å². The molecular formula is C18H21N3O2. The van der Waals surface area contributed by atoms with Crippen LogP contribution in [0.15, 0.2) is 54.4 Å². The summed E-state index contributed by atoms with van der Waals surface area (Å²) in [6, 6.07) is 9.01. The first-order chi connectivity index (χ1) is 11.1. The maximum Gasteiger partial charge on any atom is 0.354 e. The molecule has 0 amide bonds. The van der Waals surface area contributed by atoms with E-state index in [1.165, 1.54) is 6.07 Å². The molecule has 0 unspecified atom stereocenters. The molecule has 0 saturated carbocycles. The Kier molecular flexibility index (Phi) is 5.36. The van der Waals surface area contributed by atoms with Crippen molar-refractivity contribution in [1.29, 1.82) is 0 Å². The lowest BCUT2D eigenvalue weighted by Crippen LogP contribution is -2.14. The number of likely N-dealkylation sites (N-methyl/N-ethyl adjacent to an activating group) is 1. The minimum atomic E-state index is -1.02. The fraction of sp³-hybridized carbons (Fsp3) is 0.222. The van der Waals surface area contributed by atoms with Crippen molar-refractivity contribution in [1.82, 2.24) is 10.3 Å². The molecule has 1 aromatic carbocycles. The summed E-state index contributed by atoms with van der Waals surface area (Å²) in [7, 11) is 3.83. The lowest BCUT2D eigenvalue weighted by atomic mass is 10.1. The highest BCUT2D eigenvalue weighted by atomic mass is 16.4. The minimum Gasteiger partial charge on any atom is -0.477 e. The van der Waals surface area contributed by atoms with E-state index in [-0.39, 0.29) is 5.69 Å². The van der Waals surface area contributed by atoms with E-state index in [0.717, 1.165) is 23.2 Å². The van der Waals surface area contributed by atoms with Crippen LogP contribution in [0, 0.1) is 0 Å². The maximum absolute atomic E-state index is 11.0. The van der Waals surface area contributed by atoms with Gasteiger partial charge in [0.15, 0.2) is 0 Å². The molecule has 0 bridgehead atoms. The maximum atomic E-state index is 11.0. The summed E-state index contributed by atoms with van der Waals surface area (Å²) in [6.07, 6.45) is 7.08. The summed E-state index contributed by atoms with van der Waals surface area (Å²) in [5.74, 6) is -1.02. The second kappa shape index (κ2) is 7.45. The third kappa shape index (κ3) is 3.88. The zero-order valence-corrected chi connectivity index (χ0v) is 13.6. The summed E-state index contributed by atoms with van der Waals surface area (Å²) in [4.78, 5) is 17.2. The van der Waals surface area contributed by atoms with Gasteiger partial charge >= 0.3 is 5.97 Å². The molecule has 0 saturated heterocycles. The number of aromatic nitrogens is 1. The second-order valence-corrected chi connectivity index (χ2v) is 5.10. The van der Waals surface area contributed by atoms with Gasteiger partial charge in [-0.25, -0.2) is 9.78 Å². The number of allylic oxidation sites excluding steroid dienone is 2. The number of carboxylic acids is 1. The van der Waals surface area contributed by atoms with Gasteiger partial charge < -0.3 is 15.3 Å². The van der Waals surface area contributed by atoms with E-state index in [1.54, 1.807) is 6.07 Å². The van der Waals surface area contributed by atoms with Crippen molar-refractivity contribution >= 4 is 22.6 Å². The summed E-state index contributed by atoms with van der Waals surface area (Å²) in [5.41, 5.74) is 2.67. The highest BCUT2D eigenvalue weighted by molar-refractivity contribution is 5.95. The molecule has 1 heterocycles. The van der Waals surface area contributed by atoms with E-state index in [2.05, 4.69) is 23.3 Å². The zero-order chi connectivity index (χ0) is 16.8. The van der Waals surface area contributed by atoms with Crippen LogP contribution in [0.1, 0.15) is 23.8 Å². The molecule has 2 rings (SSSR count). The summed E-state index contributed by atoms with van der Waals surface area (Å²) in [5, 5.41) is 13.1. The number of fused-ring (bicyclic) bond motifs is 1. The molecule has 5 nitrogen and oxygen atoms in total. The largest absolute Gasteiger partial charge is 0.477 e. The number of nitrogens with one attached hydrogen (secondary N) is 1. The van der Waals surface area contributed by atoms with Crippen molar-refractivity contribution in [3.8, 4) is 0 Å². The SMILES string of the molecule is CC/C=C/C(=C\N(C)c1cccc2nc(C(=O)O)ccc12)NC. The Balaban J connectivity index is 2.44. The molecule has 0 atom stereocenters.